The van der Waals surface area contributed by atoms with Gasteiger partial charge in [-0.3, -0.25) is 0 Å². The quantitative estimate of drug-likeness (QED) is 0.639. The van der Waals surface area contributed by atoms with Crippen LogP contribution in [0.1, 0.15) is 6.42 Å². The maximum atomic E-state index is 11.0. The van der Waals surface area contributed by atoms with E-state index in [1.807, 2.05) is 11.8 Å². The lowest BCUT2D eigenvalue weighted by Crippen LogP contribution is -2.36. The smallest absolute Gasteiger partial charge is 0.211 e. The van der Waals surface area contributed by atoms with Gasteiger partial charge in [0, 0.05) is 18.8 Å². The lowest BCUT2D eigenvalue weighted by atomic mass is 10.3. The van der Waals surface area contributed by atoms with Crippen LogP contribution in [0.5, 0.6) is 0 Å². The molecule has 1 aliphatic rings. The van der Waals surface area contributed by atoms with Crippen molar-refractivity contribution in [1.29, 1.82) is 0 Å². The topological polar surface area (TPSA) is 37.4 Å². The summed E-state index contributed by atoms with van der Waals surface area (Å²) >= 11 is 1.82. The first-order valence-corrected chi connectivity index (χ1v) is 6.53. The van der Waals surface area contributed by atoms with Gasteiger partial charge in [-0.15, -0.1) is 0 Å². The molecule has 0 bridgehead atoms. The Hall–Kier alpha value is 0.260. The second-order valence-corrected chi connectivity index (χ2v) is 5.99. The Morgan fingerprint density at radius 3 is 2.55 bits per heavy atom. The van der Waals surface area contributed by atoms with Crippen molar-refractivity contribution in [2.24, 2.45) is 0 Å². The minimum absolute atomic E-state index is 0.231. The van der Waals surface area contributed by atoms with Gasteiger partial charge in [-0.25, -0.2) is 12.7 Å². The summed E-state index contributed by atoms with van der Waals surface area (Å²) in [5.41, 5.74) is 0. The van der Waals surface area contributed by atoms with Crippen molar-refractivity contribution in [2.45, 2.75) is 12.5 Å². The van der Waals surface area contributed by atoms with Crippen LogP contribution in [0.3, 0.4) is 0 Å². The Morgan fingerprint density at radius 2 is 2.18 bits per heavy atom. The molecular formula is C6H13NO2S2. The molecule has 66 valence electrons. The highest BCUT2D eigenvalue weighted by Gasteiger charge is 2.25. The third kappa shape index (κ3) is 2.35. The van der Waals surface area contributed by atoms with Gasteiger partial charge in [0.1, 0.15) is 0 Å². The van der Waals surface area contributed by atoms with Crippen molar-refractivity contribution in [3.05, 3.63) is 0 Å². The van der Waals surface area contributed by atoms with Crippen LogP contribution in [0, 0.1) is 0 Å². The average molecular weight is 195 g/mol. The second-order valence-electron chi connectivity index (χ2n) is 2.80. The van der Waals surface area contributed by atoms with Crippen LogP contribution >= 0.6 is 11.8 Å². The lowest BCUT2D eigenvalue weighted by Gasteiger charge is -2.20. The molecular weight excluding hydrogens is 182 g/mol. The zero-order chi connectivity index (χ0) is 8.48. The zero-order valence-electron chi connectivity index (χ0n) is 6.78. The van der Waals surface area contributed by atoms with Crippen molar-refractivity contribution >= 4 is 21.8 Å². The zero-order valence-corrected chi connectivity index (χ0v) is 8.41. The third-order valence-corrected chi connectivity index (χ3v) is 4.43. The predicted octanol–water partition coefficient (Wildman–Crippen LogP) is 0.383. The first-order valence-electron chi connectivity index (χ1n) is 3.52. The highest BCUT2D eigenvalue weighted by molar-refractivity contribution is 7.99. The van der Waals surface area contributed by atoms with Crippen molar-refractivity contribution in [1.82, 2.24) is 4.31 Å². The Morgan fingerprint density at radius 1 is 1.55 bits per heavy atom. The molecule has 1 rings (SSSR count). The highest BCUT2D eigenvalue weighted by Crippen LogP contribution is 2.22. The van der Waals surface area contributed by atoms with Gasteiger partial charge in [-0.1, -0.05) is 0 Å². The maximum absolute atomic E-state index is 11.0. The summed E-state index contributed by atoms with van der Waals surface area (Å²) in [5, 5.41) is 0. The summed E-state index contributed by atoms with van der Waals surface area (Å²) in [5.74, 6) is 2.04. The van der Waals surface area contributed by atoms with Crippen LogP contribution in [0.2, 0.25) is 0 Å². The summed E-state index contributed by atoms with van der Waals surface area (Å²) in [6.45, 7) is 0. The van der Waals surface area contributed by atoms with Crippen molar-refractivity contribution in [3.8, 4) is 0 Å². The van der Waals surface area contributed by atoms with Gasteiger partial charge in [-0.05, 0) is 12.2 Å². The molecule has 0 spiro atoms. The van der Waals surface area contributed by atoms with Crippen LogP contribution in [0.4, 0.5) is 0 Å². The Labute approximate surface area is 72.2 Å². The lowest BCUT2D eigenvalue weighted by molar-refractivity contribution is 0.398. The molecule has 1 aliphatic heterocycles. The largest absolute Gasteiger partial charge is 0.213 e. The Balaban J connectivity index is 2.60. The molecule has 0 aromatic rings. The summed E-state index contributed by atoms with van der Waals surface area (Å²) < 4.78 is 23.5. The molecule has 0 radical (unpaired) electrons. The van der Waals surface area contributed by atoms with E-state index in [-0.39, 0.29) is 6.04 Å². The molecule has 3 nitrogen and oxygen atoms in total. The monoisotopic (exact) mass is 195 g/mol. The molecule has 5 heteroatoms. The van der Waals surface area contributed by atoms with E-state index in [1.165, 1.54) is 10.6 Å². The van der Waals surface area contributed by atoms with E-state index in [1.54, 1.807) is 7.05 Å². The van der Waals surface area contributed by atoms with Crippen molar-refractivity contribution < 1.29 is 8.42 Å². The van der Waals surface area contributed by atoms with Crippen LogP contribution in [0.25, 0.3) is 0 Å². The van der Waals surface area contributed by atoms with Crippen LogP contribution in [-0.4, -0.2) is 43.6 Å². The van der Waals surface area contributed by atoms with E-state index < -0.39 is 10.0 Å². The number of hydrogen-bond donors (Lipinski definition) is 0. The molecule has 1 heterocycles. The van der Waals surface area contributed by atoms with Gasteiger partial charge in [0.15, 0.2) is 0 Å². The molecule has 0 aromatic carbocycles. The first-order chi connectivity index (χ1) is 5.02. The number of sulfonamides is 1. The summed E-state index contributed by atoms with van der Waals surface area (Å²) in [7, 11) is -1.31. The van der Waals surface area contributed by atoms with Gasteiger partial charge < -0.3 is 0 Å². The Kier molecular flexibility index (Phi) is 2.83. The van der Waals surface area contributed by atoms with Crippen LogP contribution in [0.15, 0.2) is 0 Å². The van der Waals surface area contributed by atoms with Gasteiger partial charge in [0.05, 0.1) is 6.26 Å². The van der Waals surface area contributed by atoms with Crippen LogP contribution in [-0.2, 0) is 10.0 Å². The first kappa shape index (κ1) is 9.35. The average Bonchev–Trinajstić information content (AvgIpc) is 2.34. The van der Waals surface area contributed by atoms with Crippen molar-refractivity contribution in [3.63, 3.8) is 0 Å². The molecule has 0 amide bonds. The second kappa shape index (κ2) is 3.33. The summed E-state index contributed by atoms with van der Waals surface area (Å²) in [6, 6.07) is 0.231. The maximum Gasteiger partial charge on any atom is 0.211 e. The third-order valence-electron chi connectivity index (χ3n) is 1.94. The number of rotatable bonds is 2. The van der Waals surface area contributed by atoms with E-state index >= 15 is 0 Å². The van der Waals surface area contributed by atoms with E-state index in [0.29, 0.717) is 0 Å². The standard InChI is InChI=1S/C6H13NO2S2/c1-7(11(2,8)9)6-3-4-10-5-6/h6H,3-5H2,1-2H3. The molecule has 1 fully saturated rings. The normalized spacial score (nSPS) is 26.3. The van der Waals surface area contributed by atoms with E-state index in [4.69, 9.17) is 0 Å². The minimum Gasteiger partial charge on any atom is -0.213 e. The fraction of sp³-hybridized carbons (Fsp3) is 1.00. The SMILES string of the molecule is CN(C1CCSC1)S(C)(=O)=O. The van der Waals surface area contributed by atoms with Crippen molar-refractivity contribution in [2.75, 3.05) is 24.8 Å². The number of thioether (sulfide) groups is 1. The van der Waals surface area contributed by atoms with Crippen LogP contribution < -0.4 is 0 Å². The predicted molar refractivity (Wildman–Crippen MR) is 48.3 cm³/mol. The molecule has 1 unspecified atom stereocenters. The fourth-order valence-electron chi connectivity index (χ4n) is 1.08. The van der Waals surface area contributed by atoms with Gasteiger partial charge in [0.2, 0.25) is 10.0 Å². The number of nitrogens with zero attached hydrogens (tertiary/aromatic N) is 1. The fourth-order valence-corrected chi connectivity index (χ4v) is 3.16. The molecule has 0 N–H and O–H groups in total. The molecule has 0 aliphatic carbocycles. The van der Waals surface area contributed by atoms with Gasteiger partial charge in [0.25, 0.3) is 0 Å². The molecule has 1 atom stereocenters. The Bertz CT molecular complexity index is 219. The molecule has 1 saturated heterocycles. The van der Waals surface area contributed by atoms with E-state index in [9.17, 15) is 8.42 Å². The molecule has 0 saturated carbocycles. The highest BCUT2D eigenvalue weighted by atomic mass is 32.2. The molecule has 0 aromatic heterocycles. The van der Waals surface area contributed by atoms with Gasteiger partial charge >= 0.3 is 0 Å². The molecule has 11 heavy (non-hydrogen) atoms. The minimum atomic E-state index is -2.97. The van der Waals surface area contributed by atoms with E-state index in [0.717, 1.165) is 17.9 Å². The summed E-state index contributed by atoms with van der Waals surface area (Å²) in [6.07, 6.45) is 2.25. The van der Waals surface area contributed by atoms with Gasteiger partial charge in [-0.2, -0.15) is 11.8 Å². The summed E-state index contributed by atoms with van der Waals surface area (Å²) in [4.78, 5) is 0. The van der Waals surface area contributed by atoms with E-state index in [2.05, 4.69) is 0 Å². The number of hydrogen-bond acceptors (Lipinski definition) is 3.